The Morgan fingerprint density at radius 3 is 2.24 bits per heavy atom. The molecule has 0 N–H and O–H groups in total. The van der Waals surface area contributed by atoms with E-state index < -0.39 is 0 Å². The third-order valence-corrected chi connectivity index (χ3v) is 3.98. The van der Waals surface area contributed by atoms with Crippen LogP contribution in [0.3, 0.4) is 0 Å². The van der Waals surface area contributed by atoms with Crippen LogP contribution in [0.2, 0.25) is 0 Å². The zero-order valence-electron chi connectivity index (χ0n) is 10.8. The molecular formula is C13H21NO3. The maximum Gasteiger partial charge on any atom is 0.410 e. The Morgan fingerprint density at radius 1 is 1.24 bits per heavy atom. The van der Waals surface area contributed by atoms with Crippen LogP contribution in [-0.2, 0) is 9.53 Å². The van der Waals surface area contributed by atoms with Gasteiger partial charge < -0.3 is 9.64 Å². The highest BCUT2D eigenvalue weighted by molar-refractivity contribution is 5.83. The van der Waals surface area contributed by atoms with Crippen LogP contribution in [0.15, 0.2) is 0 Å². The molecule has 2 aliphatic heterocycles. The number of nitrogens with zero attached hydrogens (tertiary/aromatic N) is 1. The molecule has 2 fully saturated rings. The highest BCUT2D eigenvalue weighted by Gasteiger charge is 2.43. The van der Waals surface area contributed by atoms with Gasteiger partial charge in [0.2, 0.25) is 0 Å². The summed E-state index contributed by atoms with van der Waals surface area (Å²) in [4.78, 5) is 25.3. The Hall–Kier alpha value is -1.06. The first-order valence-corrected chi connectivity index (χ1v) is 6.49. The van der Waals surface area contributed by atoms with E-state index in [1.165, 1.54) is 0 Å². The van der Waals surface area contributed by atoms with Crippen molar-refractivity contribution < 1.29 is 14.3 Å². The Morgan fingerprint density at radius 2 is 1.76 bits per heavy atom. The maximum atomic E-state index is 12.1. The molecule has 4 nitrogen and oxygen atoms in total. The minimum atomic E-state index is -0.230. The molecule has 3 atom stereocenters. The van der Waals surface area contributed by atoms with Crippen LogP contribution in [-0.4, -0.2) is 35.0 Å². The second-order valence-electron chi connectivity index (χ2n) is 5.57. The standard InChI is InChI=1S/C13H21NO3/c1-8(2)9(3)17-13(16)14-10-4-5-11(14)7-12(15)6-10/h8-11H,4-7H2,1-3H3/t9?,10-,11?/m0/s1. The van der Waals surface area contributed by atoms with Crippen LogP contribution in [0.4, 0.5) is 4.79 Å². The lowest BCUT2D eigenvalue weighted by atomic mass is 10.0. The summed E-state index contributed by atoms with van der Waals surface area (Å²) in [6.07, 6.45) is 2.62. The minimum absolute atomic E-state index is 0.0699. The number of carbonyl (C=O) groups excluding carboxylic acids is 2. The van der Waals surface area contributed by atoms with Crippen molar-refractivity contribution in [3.63, 3.8) is 0 Å². The monoisotopic (exact) mass is 239 g/mol. The van der Waals surface area contributed by atoms with Gasteiger partial charge in [-0.1, -0.05) is 13.8 Å². The van der Waals surface area contributed by atoms with Crippen molar-refractivity contribution >= 4 is 11.9 Å². The SMILES string of the molecule is CC(C)C(C)OC(=O)N1C2CC[C@H]1CC(=O)C2. The Bertz CT molecular complexity index is 311. The molecule has 2 aliphatic rings. The smallest absolute Gasteiger partial charge is 0.410 e. The van der Waals surface area contributed by atoms with E-state index in [1.54, 1.807) is 4.90 Å². The Labute approximate surface area is 102 Å². The molecule has 0 spiro atoms. The topological polar surface area (TPSA) is 46.6 Å². The van der Waals surface area contributed by atoms with Crippen LogP contribution in [0.25, 0.3) is 0 Å². The number of amides is 1. The fraction of sp³-hybridized carbons (Fsp3) is 0.846. The molecule has 0 saturated carbocycles. The van der Waals surface area contributed by atoms with Gasteiger partial charge in [0.1, 0.15) is 11.9 Å². The number of hydrogen-bond donors (Lipinski definition) is 0. The van der Waals surface area contributed by atoms with Crippen molar-refractivity contribution in [2.75, 3.05) is 0 Å². The number of ether oxygens (including phenoxy) is 1. The predicted octanol–water partition coefficient (Wildman–Crippen LogP) is 2.36. The van der Waals surface area contributed by atoms with Crippen LogP contribution in [0.1, 0.15) is 46.5 Å². The summed E-state index contributed by atoms with van der Waals surface area (Å²) in [5, 5.41) is 0. The van der Waals surface area contributed by atoms with E-state index in [0.29, 0.717) is 24.5 Å². The number of ketones is 1. The second-order valence-corrected chi connectivity index (χ2v) is 5.57. The molecule has 2 heterocycles. The number of fused-ring (bicyclic) bond motifs is 2. The van der Waals surface area contributed by atoms with Crippen LogP contribution in [0.5, 0.6) is 0 Å². The van der Waals surface area contributed by atoms with Crippen molar-refractivity contribution in [2.24, 2.45) is 5.92 Å². The summed E-state index contributed by atoms with van der Waals surface area (Å²) in [7, 11) is 0. The van der Waals surface area contributed by atoms with Gasteiger partial charge in [0.05, 0.1) is 0 Å². The van der Waals surface area contributed by atoms with Crippen molar-refractivity contribution in [1.29, 1.82) is 0 Å². The van der Waals surface area contributed by atoms with Gasteiger partial charge in [-0.3, -0.25) is 4.79 Å². The van der Waals surface area contributed by atoms with E-state index in [0.717, 1.165) is 12.8 Å². The Kier molecular flexibility index (Phi) is 3.40. The number of rotatable bonds is 2. The van der Waals surface area contributed by atoms with E-state index in [1.807, 2.05) is 20.8 Å². The second kappa shape index (κ2) is 4.67. The molecule has 2 saturated heterocycles. The van der Waals surface area contributed by atoms with Gasteiger partial charge in [-0.15, -0.1) is 0 Å². The Balaban J connectivity index is 1.99. The number of piperidine rings is 1. The molecule has 0 radical (unpaired) electrons. The molecule has 0 aromatic heterocycles. The first-order chi connectivity index (χ1) is 7.99. The molecule has 0 aliphatic carbocycles. The summed E-state index contributed by atoms with van der Waals surface area (Å²) in [5.41, 5.74) is 0. The molecule has 0 aromatic carbocycles. The van der Waals surface area contributed by atoms with Gasteiger partial charge in [-0.25, -0.2) is 4.79 Å². The molecule has 2 rings (SSSR count). The molecule has 0 aromatic rings. The minimum Gasteiger partial charge on any atom is -0.446 e. The van der Waals surface area contributed by atoms with Crippen LogP contribution in [0, 0.1) is 5.92 Å². The lowest BCUT2D eigenvalue weighted by Crippen LogP contribution is -2.48. The van der Waals surface area contributed by atoms with Crippen molar-refractivity contribution in [1.82, 2.24) is 4.90 Å². The first-order valence-electron chi connectivity index (χ1n) is 6.49. The fourth-order valence-corrected chi connectivity index (χ4v) is 2.62. The molecule has 2 bridgehead atoms. The normalized spacial score (nSPS) is 29.6. The molecule has 17 heavy (non-hydrogen) atoms. The zero-order chi connectivity index (χ0) is 12.6. The van der Waals surface area contributed by atoms with Crippen LogP contribution >= 0.6 is 0 Å². The van der Waals surface area contributed by atoms with Gasteiger partial charge in [0.15, 0.2) is 0 Å². The number of carbonyl (C=O) groups is 2. The number of Topliss-reactive ketones (excluding diaryl/α,β-unsaturated/α-hetero) is 1. The summed E-state index contributed by atoms with van der Waals surface area (Å²) >= 11 is 0. The quantitative estimate of drug-likeness (QED) is 0.743. The molecule has 1 amide bonds. The van der Waals surface area contributed by atoms with Gasteiger partial charge >= 0.3 is 6.09 Å². The highest BCUT2D eigenvalue weighted by atomic mass is 16.6. The maximum absolute atomic E-state index is 12.1. The van der Waals surface area contributed by atoms with E-state index in [9.17, 15) is 9.59 Å². The summed E-state index contributed by atoms with van der Waals surface area (Å²) < 4.78 is 5.44. The predicted molar refractivity (Wildman–Crippen MR) is 63.7 cm³/mol. The van der Waals surface area contributed by atoms with Crippen LogP contribution < -0.4 is 0 Å². The van der Waals surface area contributed by atoms with Crippen molar-refractivity contribution in [2.45, 2.75) is 64.6 Å². The third kappa shape index (κ3) is 2.45. The van der Waals surface area contributed by atoms with E-state index in [-0.39, 0.29) is 24.3 Å². The average molecular weight is 239 g/mol. The molecule has 4 heteroatoms. The highest BCUT2D eigenvalue weighted by Crippen LogP contribution is 2.34. The van der Waals surface area contributed by atoms with Gasteiger partial charge in [0, 0.05) is 24.9 Å². The average Bonchev–Trinajstić information content (AvgIpc) is 2.51. The lowest BCUT2D eigenvalue weighted by Gasteiger charge is -2.34. The largest absolute Gasteiger partial charge is 0.446 e. The zero-order valence-corrected chi connectivity index (χ0v) is 10.8. The summed E-state index contributed by atoms with van der Waals surface area (Å²) in [5.74, 6) is 0.612. The molecule has 2 unspecified atom stereocenters. The lowest BCUT2D eigenvalue weighted by molar-refractivity contribution is -0.123. The van der Waals surface area contributed by atoms with E-state index in [2.05, 4.69) is 0 Å². The summed E-state index contributed by atoms with van der Waals surface area (Å²) in [6, 6.07) is 0.182. The van der Waals surface area contributed by atoms with E-state index in [4.69, 9.17) is 4.74 Å². The molecular weight excluding hydrogens is 218 g/mol. The van der Waals surface area contributed by atoms with Gasteiger partial charge in [-0.05, 0) is 25.7 Å². The summed E-state index contributed by atoms with van der Waals surface area (Å²) in [6.45, 7) is 5.98. The molecule has 96 valence electrons. The third-order valence-electron chi connectivity index (χ3n) is 3.98. The van der Waals surface area contributed by atoms with Gasteiger partial charge in [-0.2, -0.15) is 0 Å². The number of hydrogen-bond acceptors (Lipinski definition) is 3. The van der Waals surface area contributed by atoms with Crippen molar-refractivity contribution in [3.05, 3.63) is 0 Å². The van der Waals surface area contributed by atoms with E-state index >= 15 is 0 Å². The first kappa shape index (κ1) is 12.4. The van der Waals surface area contributed by atoms with Gasteiger partial charge in [0.25, 0.3) is 0 Å². The fourth-order valence-electron chi connectivity index (χ4n) is 2.62. The van der Waals surface area contributed by atoms with Crippen molar-refractivity contribution in [3.8, 4) is 0 Å².